The number of allylic oxidation sites excluding steroid dienone is 1. The Morgan fingerprint density at radius 3 is 2.46 bits per heavy atom. The van der Waals surface area contributed by atoms with E-state index >= 15 is 0 Å². The predicted molar refractivity (Wildman–Crippen MR) is 54.7 cm³/mol. The lowest BCUT2D eigenvalue weighted by Gasteiger charge is -2.09. The Morgan fingerprint density at radius 1 is 1.46 bits per heavy atom. The summed E-state index contributed by atoms with van der Waals surface area (Å²) in [7, 11) is 0. The number of rotatable bonds is 6. The van der Waals surface area contributed by atoms with E-state index in [1.807, 2.05) is 6.08 Å². The molecule has 1 unspecified atom stereocenters. The number of carboxylic acids is 1. The Morgan fingerprint density at radius 2 is 2.08 bits per heavy atom. The first-order valence-corrected chi connectivity index (χ1v) is 5.03. The average molecular weight is 184 g/mol. The quantitative estimate of drug-likeness (QED) is 0.643. The highest BCUT2D eigenvalue weighted by Crippen LogP contribution is 2.15. The van der Waals surface area contributed by atoms with Crippen LogP contribution in [0.25, 0.3) is 0 Å². The van der Waals surface area contributed by atoms with Gasteiger partial charge >= 0.3 is 5.97 Å². The highest BCUT2D eigenvalue weighted by atomic mass is 16.4. The molecule has 1 N–H and O–H groups in total. The molecule has 76 valence electrons. The van der Waals surface area contributed by atoms with Crippen molar-refractivity contribution in [2.45, 2.75) is 46.5 Å². The molecule has 0 heterocycles. The molecule has 13 heavy (non-hydrogen) atoms. The summed E-state index contributed by atoms with van der Waals surface area (Å²) < 4.78 is 0. The van der Waals surface area contributed by atoms with Gasteiger partial charge in [0.15, 0.2) is 0 Å². The first-order valence-electron chi connectivity index (χ1n) is 5.03. The molecule has 0 aliphatic carbocycles. The zero-order chi connectivity index (χ0) is 10.3. The highest BCUT2D eigenvalue weighted by molar-refractivity contribution is 5.85. The summed E-state index contributed by atoms with van der Waals surface area (Å²) in [6.07, 6.45) is 6.39. The van der Waals surface area contributed by atoms with Crippen LogP contribution in [0.5, 0.6) is 0 Å². The van der Waals surface area contributed by atoms with E-state index in [2.05, 4.69) is 13.8 Å². The first kappa shape index (κ1) is 12.2. The van der Waals surface area contributed by atoms with Gasteiger partial charge in [0.05, 0.1) is 0 Å². The second kappa shape index (κ2) is 6.70. The summed E-state index contributed by atoms with van der Waals surface area (Å²) >= 11 is 0. The molecule has 0 fully saturated rings. The predicted octanol–water partition coefficient (Wildman–Crippen LogP) is 3.23. The molecule has 0 saturated heterocycles. The number of hydrogen-bond donors (Lipinski definition) is 1. The molecule has 0 spiro atoms. The second-order valence-electron chi connectivity index (χ2n) is 3.47. The van der Waals surface area contributed by atoms with Crippen LogP contribution in [0.15, 0.2) is 11.6 Å². The molecule has 2 nitrogen and oxygen atoms in total. The van der Waals surface area contributed by atoms with Crippen LogP contribution < -0.4 is 0 Å². The van der Waals surface area contributed by atoms with Crippen molar-refractivity contribution in [1.82, 2.24) is 0 Å². The minimum Gasteiger partial charge on any atom is -0.478 e. The minimum absolute atomic E-state index is 0.441. The van der Waals surface area contributed by atoms with Crippen LogP contribution in [0.2, 0.25) is 0 Å². The van der Waals surface area contributed by atoms with Crippen LogP contribution >= 0.6 is 0 Å². The fraction of sp³-hybridized carbons (Fsp3) is 0.727. The van der Waals surface area contributed by atoms with Crippen LogP contribution in [-0.4, -0.2) is 11.1 Å². The van der Waals surface area contributed by atoms with E-state index in [9.17, 15) is 4.79 Å². The highest BCUT2D eigenvalue weighted by Gasteiger charge is 2.06. The monoisotopic (exact) mass is 184 g/mol. The maximum Gasteiger partial charge on any atom is 0.330 e. The Bertz CT molecular complexity index is 183. The van der Waals surface area contributed by atoms with Gasteiger partial charge in [-0.05, 0) is 25.7 Å². The molecule has 2 heteroatoms. The Kier molecular flexibility index (Phi) is 6.29. The van der Waals surface area contributed by atoms with Gasteiger partial charge in [-0.15, -0.1) is 0 Å². The summed E-state index contributed by atoms with van der Waals surface area (Å²) in [6, 6.07) is 0. The molecule has 0 amide bonds. The molecule has 1 atom stereocenters. The summed E-state index contributed by atoms with van der Waals surface area (Å²) in [4.78, 5) is 10.6. The molecule has 0 rings (SSSR count). The summed E-state index contributed by atoms with van der Waals surface area (Å²) in [6.45, 7) is 5.92. The zero-order valence-corrected chi connectivity index (χ0v) is 8.84. The smallest absolute Gasteiger partial charge is 0.330 e. The molecule has 0 aromatic heterocycles. The van der Waals surface area contributed by atoms with Gasteiger partial charge in [0.2, 0.25) is 0 Å². The van der Waals surface area contributed by atoms with Crippen LogP contribution in [-0.2, 0) is 4.79 Å². The van der Waals surface area contributed by atoms with Crippen LogP contribution in [0, 0.1) is 5.92 Å². The Hall–Kier alpha value is -0.790. The summed E-state index contributed by atoms with van der Waals surface area (Å²) in [5, 5.41) is 8.68. The second-order valence-corrected chi connectivity index (χ2v) is 3.47. The average Bonchev–Trinajstić information content (AvgIpc) is 2.11. The largest absolute Gasteiger partial charge is 0.478 e. The van der Waals surface area contributed by atoms with Crippen molar-refractivity contribution in [2.75, 3.05) is 0 Å². The lowest BCUT2D eigenvalue weighted by molar-refractivity contribution is -0.132. The maximum absolute atomic E-state index is 10.6. The van der Waals surface area contributed by atoms with Crippen molar-refractivity contribution in [3.05, 3.63) is 11.6 Å². The van der Waals surface area contributed by atoms with Crippen LogP contribution in [0.3, 0.4) is 0 Å². The maximum atomic E-state index is 10.6. The molecular formula is C11H20O2. The summed E-state index contributed by atoms with van der Waals surface area (Å²) in [5.41, 5.74) is 0.475. The number of unbranched alkanes of at least 4 members (excludes halogenated alkanes) is 1. The normalized spacial score (nSPS) is 14.2. The lowest BCUT2D eigenvalue weighted by Crippen LogP contribution is -2.01. The van der Waals surface area contributed by atoms with Gasteiger partial charge in [0.25, 0.3) is 0 Å². The van der Waals surface area contributed by atoms with Gasteiger partial charge in [-0.3, -0.25) is 0 Å². The van der Waals surface area contributed by atoms with Crippen molar-refractivity contribution in [3.63, 3.8) is 0 Å². The van der Waals surface area contributed by atoms with Crippen molar-refractivity contribution in [1.29, 1.82) is 0 Å². The zero-order valence-electron chi connectivity index (χ0n) is 8.84. The van der Waals surface area contributed by atoms with E-state index in [-0.39, 0.29) is 0 Å². The van der Waals surface area contributed by atoms with E-state index in [4.69, 9.17) is 5.11 Å². The topological polar surface area (TPSA) is 37.3 Å². The minimum atomic E-state index is -0.796. The van der Waals surface area contributed by atoms with E-state index in [0.29, 0.717) is 11.5 Å². The fourth-order valence-corrected chi connectivity index (χ4v) is 1.30. The SMILES string of the molecule is CCCCC(C=C(C)C(=O)O)CC. The molecule has 0 bridgehead atoms. The fourth-order valence-electron chi connectivity index (χ4n) is 1.30. The van der Waals surface area contributed by atoms with E-state index in [1.165, 1.54) is 12.8 Å². The number of carbonyl (C=O) groups is 1. The van der Waals surface area contributed by atoms with Gasteiger partial charge in [-0.25, -0.2) is 4.79 Å². The first-order chi connectivity index (χ1) is 6.11. The number of hydrogen-bond acceptors (Lipinski definition) is 1. The molecule has 0 aliphatic heterocycles. The standard InChI is InChI=1S/C11H20O2/c1-4-6-7-10(5-2)8-9(3)11(12)13/h8,10H,4-7H2,1-3H3,(H,12,13). The molecular weight excluding hydrogens is 164 g/mol. The van der Waals surface area contributed by atoms with Crippen molar-refractivity contribution in [2.24, 2.45) is 5.92 Å². The van der Waals surface area contributed by atoms with E-state index < -0.39 is 5.97 Å². The number of aliphatic carboxylic acids is 1. The molecule has 0 aliphatic rings. The van der Waals surface area contributed by atoms with Gasteiger partial charge < -0.3 is 5.11 Å². The Balaban J connectivity index is 4.09. The van der Waals surface area contributed by atoms with Crippen molar-refractivity contribution in [3.8, 4) is 0 Å². The number of carboxylic acid groups (broad SMARTS) is 1. The molecule has 0 aromatic rings. The third-order valence-electron chi connectivity index (χ3n) is 2.28. The molecule has 0 aromatic carbocycles. The van der Waals surface area contributed by atoms with E-state index in [0.717, 1.165) is 12.8 Å². The molecule has 0 radical (unpaired) electrons. The third kappa shape index (κ3) is 5.45. The Labute approximate surface area is 80.7 Å². The van der Waals surface area contributed by atoms with Crippen molar-refractivity contribution >= 4 is 5.97 Å². The van der Waals surface area contributed by atoms with Gasteiger partial charge in [0.1, 0.15) is 0 Å². The lowest BCUT2D eigenvalue weighted by atomic mass is 9.97. The van der Waals surface area contributed by atoms with Gasteiger partial charge in [-0.1, -0.05) is 32.8 Å². The van der Waals surface area contributed by atoms with Crippen LogP contribution in [0.1, 0.15) is 46.5 Å². The molecule has 0 saturated carbocycles. The van der Waals surface area contributed by atoms with Crippen LogP contribution in [0.4, 0.5) is 0 Å². The summed E-state index contributed by atoms with van der Waals surface area (Å²) in [5.74, 6) is -0.356. The van der Waals surface area contributed by atoms with E-state index in [1.54, 1.807) is 6.92 Å². The van der Waals surface area contributed by atoms with Gasteiger partial charge in [-0.2, -0.15) is 0 Å². The van der Waals surface area contributed by atoms with Crippen molar-refractivity contribution < 1.29 is 9.90 Å². The third-order valence-corrected chi connectivity index (χ3v) is 2.28. The van der Waals surface area contributed by atoms with Gasteiger partial charge in [0, 0.05) is 5.57 Å².